The second-order valence-electron chi connectivity index (χ2n) is 5.94. The second-order valence-corrected chi connectivity index (χ2v) is 7.10. The highest BCUT2D eigenvalue weighted by Gasteiger charge is 2.28. The SMILES string of the molecule is CCOc1cc(C=C2C(=O)NC(=O)NC2=O)cc(I)c1OCc1ccccc1F. The van der Waals surface area contributed by atoms with Crippen LogP contribution in [0, 0.1) is 9.39 Å². The first kappa shape index (κ1) is 20.8. The van der Waals surface area contributed by atoms with Gasteiger partial charge >= 0.3 is 6.03 Å². The topological polar surface area (TPSA) is 93.7 Å². The van der Waals surface area contributed by atoms with E-state index in [0.717, 1.165) is 0 Å². The standard InChI is InChI=1S/C20H16FIN2O5/c1-2-28-16-9-11(7-13-18(25)23-20(27)24-19(13)26)8-15(22)17(16)29-10-12-5-3-4-6-14(12)21/h3-9H,2,10H2,1H3,(H2,23,24,25,26,27). The molecule has 3 rings (SSSR count). The van der Waals surface area contributed by atoms with Crippen LogP contribution in [0.4, 0.5) is 9.18 Å². The second kappa shape index (κ2) is 9.03. The van der Waals surface area contributed by atoms with E-state index >= 15 is 0 Å². The van der Waals surface area contributed by atoms with Crippen LogP contribution in [0.25, 0.3) is 6.08 Å². The minimum atomic E-state index is -0.862. The zero-order chi connectivity index (χ0) is 21.0. The smallest absolute Gasteiger partial charge is 0.328 e. The van der Waals surface area contributed by atoms with E-state index in [1.165, 1.54) is 12.1 Å². The molecule has 9 heteroatoms. The van der Waals surface area contributed by atoms with Gasteiger partial charge in [-0.25, -0.2) is 9.18 Å². The van der Waals surface area contributed by atoms with Gasteiger partial charge in [-0.2, -0.15) is 0 Å². The number of carbonyl (C=O) groups is 3. The number of hydrogen-bond acceptors (Lipinski definition) is 5. The summed E-state index contributed by atoms with van der Waals surface area (Å²) in [5.74, 6) is -1.13. The Morgan fingerprint density at radius 2 is 1.76 bits per heavy atom. The van der Waals surface area contributed by atoms with E-state index in [-0.39, 0.29) is 18.0 Å². The van der Waals surface area contributed by atoms with Crippen molar-refractivity contribution in [3.63, 3.8) is 0 Å². The first-order valence-electron chi connectivity index (χ1n) is 8.60. The molecule has 0 aliphatic carbocycles. The van der Waals surface area contributed by atoms with E-state index in [0.29, 0.717) is 32.8 Å². The molecular formula is C20H16FIN2O5. The van der Waals surface area contributed by atoms with Gasteiger partial charge in [0, 0.05) is 5.56 Å². The summed E-state index contributed by atoms with van der Waals surface area (Å²) in [6.07, 6.45) is 1.35. The van der Waals surface area contributed by atoms with Crippen molar-refractivity contribution < 1.29 is 28.2 Å². The molecule has 2 aromatic rings. The van der Waals surface area contributed by atoms with Crippen molar-refractivity contribution in [3.8, 4) is 11.5 Å². The van der Waals surface area contributed by atoms with Crippen LogP contribution in [-0.4, -0.2) is 24.5 Å². The fourth-order valence-corrected chi connectivity index (χ4v) is 3.39. The van der Waals surface area contributed by atoms with Crippen molar-refractivity contribution in [2.45, 2.75) is 13.5 Å². The average molecular weight is 510 g/mol. The van der Waals surface area contributed by atoms with E-state index in [1.54, 1.807) is 37.3 Å². The highest BCUT2D eigenvalue weighted by atomic mass is 127. The zero-order valence-electron chi connectivity index (χ0n) is 15.3. The minimum Gasteiger partial charge on any atom is -0.490 e. The maximum absolute atomic E-state index is 13.8. The predicted octanol–water partition coefficient (Wildman–Crippen LogP) is 3.16. The Balaban J connectivity index is 1.91. The van der Waals surface area contributed by atoms with Gasteiger partial charge in [-0.3, -0.25) is 20.2 Å². The Bertz CT molecular complexity index is 1000. The number of imide groups is 2. The Kier molecular flexibility index (Phi) is 6.47. The molecule has 4 amide bonds. The number of ether oxygens (including phenoxy) is 2. The number of urea groups is 1. The first-order valence-corrected chi connectivity index (χ1v) is 9.67. The van der Waals surface area contributed by atoms with Crippen molar-refractivity contribution in [1.82, 2.24) is 10.6 Å². The zero-order valence-corrected chi connectivity index (χ0v) is 17.4. The van der Waals surface area contributed by atoms with Gasteiger partial charge in [0.15, 0.2) is 11.5 Å². The van der Waals surface area contributed by atoms with Gasteiger partial charge in [0.05, 0.1) is 10.2 Å². The maximum Gasteiger partial charge on any atom is 0.328 e. The van der Waals surface area contributed by atoms with Crippen molar-refractivity contribution in [1.29, 1.82) is 0 Å². The fourth-order valence-electron chi connectivity index (χ4n) is 2.61. The normalized spacial score (nSPS) is 13.6. The third-order valence-electron chi connectivity index (χ3n) is 3.92. The summed E-state index contributed by atoms with van der Waals surface area (Å²) in [5.41, 5.74) is 0.700. The van der Waals surface area contributed by atoms with Crippen LogP contribution >= 0.6 is 22.6 Å². The van der Waals surface area contributed by atoms with Gasteiger partial charge < -0.3 is 9.47 Å². The molecule has 29 heavy (non-hydrogen) atoms. The van der Waals surface area contributed by atoms with Gasteiger partial charge in [0.25, 0.3) is 11.8 Å². The molecular weight excluding hydrogens is 494 g/mol. The molecule has 150 valence electrons. The molecule has 2 aromatic carbocycles. The van der Waals surface area contributed by atoms with Gasteiger partial charge in [-0.1, -0.05) is 18.2 Å². The Morgan fingerprint density at radius 1 is 1.07 bits per heavy atom. The lowest BCUT2D eigenvalue weighted by atomic mass is 10.1. The molecule has 1 heterocycles. The molecule has 7 nitrogen and oxygen atoms in total. The number of rotatable bonds is 6. The van der Waals surface area contributed by atoms with E-state index in [1.807, 2.05) is 33.2 Å². The highest BCUT2D eigenvalue weighted by Crippen LogP contribution is 2.35. The Hall–Kier alpha value is -2.95. The third-order valence-corrected chi connectivity index (χ3v) is 4.72. The maximum atomic E-state index is 13.8. The number of nitrogens with one attached hydrogen (secondary N) is 2. The number of hydrogen-bond donors (Lipinski definition) is 2. The van der Waals surface area contributed by atoms with E-state index in [9.17, 15) is 18.8 Å². The summed E-state index contributed by atoms with van der Waals surface area (Å²) in [6.45, 7) is 2.16. The number of carbonyl (C=O) groups excluding carboxylic acids is 3. The molecule has 0 aromatic heterocycles. The van der Waals surface area contributed by atoms with Crippen LogP contribution in [0.3, 0.4) is 0 Å². The molecule has 0 saturated carbocycles. The predicted molar refractivity (Wildman–Crippen MR) is 111 cm³/mol. The number of benzene rings is 2. The molecule has 0 radical (unpaired) electrons. The summed E-state index contributed by atoms with van der Waals surface area (Å²) in [5, 5.41) is 4.04. The third kappa shape index (κ3) is 4.91. The van der Waals surface area contributed by atoms with Crippen LogP contribution in [0.2, 0.25) is 0 Å². The fraction of sp³-hybridized carbons (Fsp3) is 0.150. The Labute approximate surface area is 179 Å². The quantitative estimate of drug-likeness (QED) is 0.354. The van der Waals surface area contributed by atoms with Crippen LogP contribution in [0.5, 0.6) is 11.5 Å². The van der Waals surface area contributed by atoms with Crippen LogP contribution in [0.1, 0.15) is 18.1 Å². The number of barbiturate groups is 1. The van der Waals surface area contributed by atoms with Crippen molar-refractivity contribution in [3.05, 3.63) is 62.5 Å². The number of amides is 4. The highest BCUT2D eigenvalue weighted by molar-refractivity contribution is 14.1. The van der Waals surface area contributed by atoms with Crippen molar-refractivity contribution in [2.75, 3.05) is 6.61 Å². The molecule has 1 aliphatic rings. The molecule has 0 unspecified atom stereocenters. The van der Waals surface area contributed by atoms with E-state index in [2.05, 4.69) is 0 Å². The van der Waals surface area contributed by atoms with Crippen LogP contribution < -0.4 is 20.1 Å². The molecule has 1 saturated heterocycles. The van der Waals surface area contributed by atoms with Crippen molar-refractivity contribution in [2.24, 2.45) is 0 Å². The molecule has 0 bridgehead atoms. The Morgan fingerprint density at radius 3 is 2.41 bits per heavy atom. The monoisotopic (exact) mass is 510 g/mol. The van der Waals surface area contributed by atoms with Gasteiger partial charge in [-0.05, 0) is 59.4 Å². The summed E-state index contributed by atoms with van der Waals surface area (Å²) in [7, 11) is 0. The lowest BCUT2D eigenvalue weighted by Crippen LogP contribution is -2.51. The van der Waals surface area contributed by atoms with E-state index in [4.69, 9.17) is 9.47 Å². The van der Waals surface area contributed by atoms with Gasteiger partial charge in [0.1, 0.15) is 18.0 Å². The van der Waals surface area contributed by atoms with Crippen LogP contribution in [0.15, 0.2) is 42.0 Å². The van der Waals surface area contributed by atoms with Crippen molar-refractivity contribution >= 4 is 46.5 Å². The van der Waals surface area contributed by atoms with E-state index < -0.39 is 17.8 Å². The summed E-state index contributed by atoms with van der Waals surface area (Å²) < 4.78 is 25.9. The molecule has 2 N–H and O–H groups in total. The number of halogens is 2. The lowest BCUT2D eigenvalue weighted by Gasteiger charge is -2.16. The minimum absolute atomic E-state index is 0.0100. The van der Waals surface area contributed by atoms with Gasteiger partial charge in [-0.15, -0.1) is 0 Å². The average Bonchev–Trinajstić information content (AvgIpc) is 2.65. The molecule has 1 fully saturated rings. The lowest BCUT2D eigenvalue weighted by molar-refractivity contribution is -0.123. The largest absolute Gasteiger partial charge is 0.490 e. The molecule has 0 spiro atoms. The summed E-state index contributed by atoms with van der Waals surface area (Å²) >= 11 is 2.03. The summed E-state index contributed by atoms with van der Waals surface area (Å²) in [6, 6.07) is 8.73. The first-order chi connectivity index (χ1) is 13.9. The molecule has 0 atom stereocenters. The van der Waals surface area contributed by atoms with Gasteiger partial charge in [0.2, 0.25) is 0 Å². The molecule has 1 aliphatic heterocycles. The summed E-state index contributed by atoms with van der Waals surface area (Å²) in [4.78, 5) is 35.0. The van der Waals surface area contributed by atoms with Crippen LogP contribution in [-0.2, 0) is 16.2 Å².